The highest BCUT2D eigenvalue weighted by Gasteiger charge is 2.10. The Balaban J connectivity index is 1.92. The largest absolute Gasteiger partial charge is 0.392 e. The summed E-state index contributed by atoms with van der Waals surface area (Å²) < 4.78 is 14.4. The summed E-state index contributed by atoms with van der Waals surface area (Å²) in [6.45, 7) is 2.04. The quantitative estimate of drug-likeness (QED) is 0.792. The average Bonchev–Trinajstić information content (AvgIpc) is 2.41. The summed E-state index contributed by atoms with van der Waals surface area (Å²) in [5, 5.41) is 10.0. The van der Waals surface area contributed by atoms with E-state index in [0.717, 1.165) is 9.37 Å². The van der Waals surface area contributed by atoms with Crippen LogP contribution < -0.4 is 0 Å². The molecule has 20 heavy (non-hydrogen) atoms. The molecule has 0 radical (unpaired) electrons. The fourth-order valence-corrected chi connectivity index (χ4v) is 3.27. The molecule has 1 nitrogen and oxygen atoms in total. The highest BCUT2D eigenvalue weighted by Crippen LogP contribution is 2.22. The van der Waals surface area contributed by atoms with Gasteiger partial charge in [-0.1, -0.05) is 33.6 Å². The second-order valence-corrected chi connectivity index (χ2v) is 6.73. The highest BCUT2D eigenvalue weighted by atomic mass is 79.9. The third-order valence-electron chi connectivity index (χ3n) is 2.90. The van der Waals surface area contributed by atoms with Crippen molar-refractivity contribution in [1.29, 1.82) is 0 Å². The van der Waals surface area contributed by atoms with Crippen molar-refractivity contribution < 1.29 is 9.50 Å². The van der Waals surface area contributed by atoms with E-state index >= 15 is 0 Å². The molecular formula is C16H16BrFOS. The molecule has 106 valence electrons. The van der Waals surface area contributed by atoms with Gasteiger partial charge in [0.25, 0.3) is 0 Å². The maximum atomic E-state index is 13.6. The van der Waals surface area contributed by atoms with Gasteiger partial charge >= 0.3 is 0 Å². The van der Waals surface area contributed by atoms with E-state index in [4.69, 9.17) is 0 Å². The standard InChI is InChI=1S/C16H16BrFOS/c1-11-3-2-4-15(7-11)20-10-14(19)9-12-8-13(17)5-6-16(12)18/h2-8,14,19H,9-10H2,1H3. The van der Waals surface area contributed by atoms with Crippen LogP contribution in [0, 0.1) is 12.7 Å². The van der Waals surface area contributed by atoms with Crippen molar-refractivity contribution in [3.8, 4) is 0 Å². The smallest absolute Gasteiger partial charge is 0.126 e. The van der Waals surface area contributed by atoms with E-state index in [1.165, 1.54) is 11.6 Å². The zero-order valence-electron chi connectivity index (χ0n) is 11.1. The number of thioether (sulfide) groups is 1. The molecule has 0 heterocycles. The second-order valence-electron chi connectivity index (χ2n) is 4.72. The van der Waals surface area contributed by atoms with Crippen molar-refractivity contribution in [3.63, 3.8) is 0 Å². The van der Waals surface area contributed by atoms with E-state index in [-0.39, 0.29) is 5.82 Å². The summed E-state index contributed by atoms with van der Waals surface area (Å²) in [5.41, 5.74) is 1.74. The van der Waals surface area contributed by atoms with Crippen LogP contribution in [0.15, 0.2) is 51.8 Å². The zero-order valence-corrected chi connectivity index (χ0v) is 13.5. The molecular weight excluding hydrogens is 339 g/mol. The van der Waals surface area contributed by atoms with Crippen LogP contribution in [0.1, 0.15) is 11.1 Å². The maximum absolute atomic E-state index is 13.6. The van der Waals surface area contributed by atoms with Crippen molar-refractivity contribution in [2.75, 3.05) is 5.75 Å². The molecule has 2 aromatic carbocycles. The number of aliphatic hydroxyl groups excluding tert-OH is 1. The van der Waals surface area contributed by atoms with Gasteiger partial charge in [0.15, 0.2) is 0 Å². The Hall–Kier alpha value is -0.840. The van der Waals surface area contributed by atoms with Crippen LogP contribution in [0.2, 0.25) is 0 Å². The van der Waals surface area contributed by atoms with Crippen LogP contribution in [0.3, 0.4) is 0 Å². The monoisotopic (exact) mass is 354 g/mol. The Labute approximate surface area is 131 Å². The number of aliphatic hydroxyl groups is 1. The molecule has 0 bridgehead atoms. The fourth-order valence-electron chi connectivity index (χ4n) is 1.91. The lowest BCUT2D eigenvalue weighted by Gasteiger charge is -2.11. The molecule has 1 N–H and O–H groups in total. The van der Waals surface area contributed by atoms with Crippen molar-refractivity contribution >= 4 is 27.7 Å². The molecule has 4 heteroatoms. The SMILES string of the molecule is Cc1cccc(SCC(O)Cc2cc(Br)ccc2F)c1. The van der Waals surface area contributed by atoms with Crippen molar-refractivity contribution in [2.24, 2.45) is 0 Å². The Morgan fingerprint density at radius 2 is 2.05 bits per heavy atom. The predicted molar refractivity (Wildman–Crippen MR) is 85.7 cm³/mol. The molecule has 0 aliphatic rings. The van der Waals surface area contributed by atoms with Crippen LogP contribution >= 0.6 is 27.7 Å². The van der Waals surface area contributed by atoms with Gasteiger partial charge < -0.3 is 5.11 Å². The number of hydrogen-bond donors (Lipinski definition) is 1. The minimum Gasteiger partial charge on any atom is -0.392 e. The molecule has 0 aliphatic heterocycles. The van der Waals surface area contributed by atoms with Gasteiger partial charge in [-0.15, -0.1) is 11.8 Å². The van der Waals surface area contributed by atoms with Crippen LogP contribution in [0.4, 0.5) is 4.39 Å². The van der Waals surface area contributed by atoms with Crippen LogP contribution in [-0.4, -0.2) is 17.0 Å². The summed E-state index contributed by atoms with van der Waals surface area (Å²) in [7, 11) is 0. The number of hydrogen-bond acceptors (Lipinski definition) is 2. The topological polar surface area (TPSA) is 20.2 Å². The van der Waals surface area contributed by atoms with Gasteiger partial charge in [0.05, 0.1) is 6.10 Å². The molecule has 1 atom stereocenters. The molecule has 2 rings (SSSR count). The summed E-state index contributed by atoms with van der Waals surface area (Å²) in [5.74, 6) is 0.280. The Bertz CT molecular complexity index is 588. The third kappa shape index (κ3) is 4.62. The number of rotatable bonds is 5. The minimum atomic E-state index is -0.565. The third-order valence-corrected chi connectivity index (χ3v) is 4.53. The second kappa shape index (κ2) is 7.25. The molecule has 0 aliphatic carbocycles. The van der Waals surface area contributed by atoms with E-state index in [0.29, 0.717) is 17.7 Å². The molecule has 0 amide bonds. The minimum absolute atomic E-state index is 0.271. The van der Waals surface area contributed by atoms with Crippen LogP contribution in [0.25, 0.3) is 0 Å². The molecule has 1 unspecified atom stereocenters. The van der Waals surface area contributed by atoms with Crippen molar-refractivity contribution in [3.05, 3.63) is 63.9 Å². The van der Waals surface area contributed by atoms with Gasteiger partial charge in [0, 0.05) is 21.5 Å². The van der Waals surface area contributed by atoms with Gasteiger partial charge in [-0.25, -0.2) is 4.39 Å². The van der Waals surface area contributed by atoms with E-state index < -0.39 is 6.10 Å². The van der Waals surface area contributed by atoms with E-state index in [1.54, 1.807) is 23.9 Å². The highest BCUT2D eigenvalue weighted by molar-refractivity contribution is 9.10. The van der Waals surface area contributed by atoms with Gasteiger partial charge in [-0.2, -0.15) is 0 Å². The Morgan fingerprint density at radius 1 is 1.25 bits per heavy atom. The first-order chi connectivity index (χ1) is 9.54. The van der Waals surface area contributed by atoms with Crippen LogP contribution in [-0.2, 0) is 6.42 Å². The van der Waals surface area contributed by atoms with Crippen molar-refractivity contribution in [1.82, 2.24) is 0 Å². The number of benzene rings is 2. The first-order valence-electron chi connectivity index (χ1n) is 6.36. The van der Waals surface area contributed by atoms with Gasteiger partial charge in [-0.05, 0) is 42.8 Å². The van der Waals surface area contributed by atoms with Gasteiger partial charge in [-0.3, -0.25) is 0 Å². The maximum Gasteiger partial charge on any atom is 0.126 e. The van der Waals surface area contributed by atoms with Crippen LogP contribution in [0.5, 0.6) is 0 Å². The summed E-state index contributed by atoms with van der Waals surface area (Å²) in [4.78, 5) is 1.12. The summed E-state index contributed by atoms with van der Waals surface area (Å²) >= 11 is 4.90. The summed E-state index contributed by atoms with van der Waals surface area (Å²) in [6.07, 6.45) is -0.242. The molecule has 0 saturated carbocycles. The Morgan fingerprint density at radius 3 is 2.80 bits per heavy atom. The van der Waals surface area contributed by atoms with Gasteiger partial charge in [0.2, 0.25) is 0 Å². The molecule has 0 aromatic heterocycles. The summed E-state index contributed by atoms with van der Waals surface area (Å²) in [6, 6.07) is 12.9. The average molecular weight is 355 g/mol. The van der Waals surface area contributed by atoms with E-state index in [1.807, 2.05) is 25.1 Å². The fraction of sp³-hybridized carbons (Fsp3) is 0.250. The first kappa shape index (κ1) is 15.5. The lowest BCUT2D eigenvalue weighted by atomic mass is 10.1. The number of halogens is 2. The molecule has 0 spiro atoms. The van der Waals surface area contributed by atoms with Crippen molar-refractivity contribution in [2.45, 2.75) is 24.3 Å². The molecule has 0 saturated heterocycles. The molecule has 2 aromatic rings. The van der Waals surface area contributed by atoms with Gasteiger partial charge in [0.1, 0.15) is 5.82 Å². The number of aryl methyl sites for hydroxylation is 1. The Kier molecular flexibility index (Phi) is 5.64. The van der Waals surface area contributed by atoms with E-state index in [2.05, 4.69) is 22.0 Å². The lowest BCUT2D eigenvalue weighted by Crippen LogP contribution is -2.14. The first-order valence-corrected chi connectivity index (χ1v) is 8.14. The zero-order chi connectivity index (χ0) is 14.5. The predicted octanol–water partition coefficient (Wildman–Crippen LogP) is 4.59. The lowest BCUT2D eigenvalue weighted by molar-refractivity contribution is 0.198. The normalized spacial score (nSPS) is 12.4. The molecule has 0 fully saturated rings. The van der Waals surface area contributed by atoms with E-state index in [9.17, 15) is 9.50 Å².